The highest BCUT2D eigenvalue weighted by atomic mass is 19.1. The van der Waals surface area contributed by atoms with Crippen molar-refractivity contribution in [3.63, 3.8) is 0 Å². The van der Waals surface area contributed by atoms with Crippen molar-refractivity contribution in [3.05, 3.63) is 29.8 Å². The molecule has 1 aliphatic rings. The van der Waals surface area contributed by atoms with E-state index in [4.69, 9.17) is 0 Å². The normalized spacial score (nSPS) is 25.9. The highest BCUT2D eigenvalue weighted by Crippen LogP contribution is 2.26. The monoisotopic (exact) mass is 194 g/mol. The first-order chi connectivity index (χ1) is 6.75. The lowest BCUT2D eigenvalue weighted by Gasteiger charge is -2.33. The Morgan fingerprint density at radius 3 is 3.00 bits per heavy atom. The Hall–Kier alpha value is -0.960. The van der Waals surface area contributed by atoms with Gasteiger partial charge in [-0.3, -0.25) is 0 Å². The van der Waals surface area contributed by atoms with E-state index in [2.05, 4.69) is 17.2 Å². The summed E-state index contributed by atoms with van der Waals surface area (Å²) in [4.78, 5) is 3.61. The molecular weight excluding hydrogens is 179 g/mol. The second kappa shape index (κ2) is 4.05. The van der Waals surface area contributed by atoms with E-state index in [1.165, 1.54) is 19.0 Å². The average Bonchev–Trinajstić information content (AvgIpc) is 2.13. The summed E-state index contributed by atoms with van der Waals surface area (Å²) in [7, 11) is 0. The van der Waals surface area contributed by atoms with E-state index in [-0.39, 0.29) is 5.95 Å². The standard InChI is InChI=1S/C11H15FN2/c1-8-5-10(6-8)14-7-9-3-2-4-13-11(9)12/h2-4,8,10,14H,5-7H2,1H3. The molecule has 2 nitrogen and oxygen atoms in total. The summed E-state index contributed by atoms with van der Waals surface area (Å²) in [5.41, 5.74) is 0.659. The predicted molar refractivity (Wildman–Crippen MR) is 53.2 cm³/mol. The Balaban J connectivity index is 1.83. The van der Waals surface area contributed by atoms with Gasteiger partial charge in [-0.25, -0.2) is 4.98 Å². The fraction of sp³-hybridized carbons (Fsp3) is 0.545. The van der Waals surface area contributed by atoms with E-state index in [0.29, 0.717) is 18.2 Å². The fourth-order valence-corrected chi connectivity index (χ4v) is 1.87. The third-order valence-electron chi connectivity index (χ3n) is 2.79. The average molecular weight is 194 g/mol. The van der Waals surface area contributed by atoms with Crippen LogP contribution in [-0.4, -0.2) is 11.0 Å². The lowest BCUT2D eigenvalue weighted by Crippen LogP contribution is -2.39. The van der Waals surface area contributed by atoms with E-state index in [9.17, 15) is 4.39 Å². The first-order valence-corrected chi connectivity index (χ1v) is 5.08. The molecule has 1 fully saturated rings. The molecule has 76 valence electrons. The van der Waals surface area contributed by atoms with Crippen LogP contribution in [0.1, 0.15) is 25.3 Å². The van der Waals surface area contributed by atoms with Gasteiger partial charge >= 0.3 is 0 Å². The van der Waals surface area contributed by atoms with Gasteiger partial charge in [0.1, 0.15) is 0 Å². The molecule has 0 spiro atoms. The number of rotatable bonds is 3. The summed E-state index contributed by atoms with van der Waals surface area (Å²) in [6, 6.07) is 4.12. The van der Waals surface area contributed by atoms with Crippen LogP contribution in [0.15, 0.2) is 18.3 Å². The van der Waals surface area contributed by atoms with Gasteiger partial charge in [0, 0.05) is 24.3 Å². The maximum atomic E-state index is 13.1. The molecule has 3 heteroatoms. The molecule has 0 aliphatic heterocycles. The summed E-state index contributed by atoms with van der Waals surface area (Å²) in [6.45, 7) is 2.83. The number of nitrogens with one attached hydrogen (secondary N) is 1. The minimum absolute atomic E-state index is 0.354. The van der Waals surface area contributed by atoms with Crippen LogP contribution in [0.2, 0.25) is 0 Å². The van der Waals surface area contributed by atoms with Crippen LogP contribution in [0.5, 0.6) is 0 Å². The number of pyridine rings is 1. The Bertz CT molecular complexity index is 308. The summed E-state index contributed by atoms with van der Waals surface area (Å²) in [6.07, 6.45) is 3.90. The molecule has 1 aromatic rings. The molecule has 1 aliphatic carbocycles. The largest absolute Gasteiger partial charge is 0.310 e. The van der Waals surface area contributed by atoms with Gasteiger partial charge in [0.15, 0.2) is 0 Å². The van der Waals surface area contributed by atoms with Gasteiger partial charge in [0.2, 0.25) is 5.95 Å². The second-order valence-electron chi connectivity index (χ2n) is 4.11. The first-order valence-electron chi connectivity index (χ1n) is 5.08. The molecule has 0 amide bonds. The van der Waals surface area contributed by atoms with E-state index in [1.807, 2.05) is 0 Å². The van der Waals surface area contributed by atoms with Crippen molar-refractivity contribution in [2.45, 2.75) is 32.4 Å². The molecule has 0 unspecified atom stereocenters. The molecule has 0 radical (unpaired) electrons. The van der Waals surface area contributed by atoms with Crippen molar-refractivity contribution in [2.24, 2.45) is 5.92 Å². The van der Waals surface area contributed by atoms with Gasteiger partial charge in [-0.15, -0.1) is 0 Å². The van der Waals surface area contributed by atoms with Crippen molar-refractivity contribution in [2.75, 3.05) is 0 Å². The lowest BCUT2D eigenvalue weighted by molar-refractivity contribution is 0.239. The van der Waals surface area contributed by atoms with E-state index >= 15 is 0 Å². The van der Waals surface area contributed by atoms with Crippen LogP contribution in [0.4, 0.5) is 4.39 Å². The molecule has 1 saturated carbocycles. The Morgan fingerprint density at radius 2 is 2.36 bits per heavy atom. The summed E-state index contributed by atoms with van der Waals surface area (Å²) >= 11 is 0. The van der Waals surface area contributed by atoms with Crippen molar-refractivity contribution in [3.8, 4) is 0 Å². The number of aromatic nitrogens is 1. The molecule has 1 N–H and O–H groups in total. The van der Waals surface area contributed by atoms with Crippen LogP contribution in [0.3, 0.4) is 0 Å². The number of hydrogen-bond acceptors (Lipinski definition) is 2. The molecule has 0 atom stereocenters. The van der Waals surface area contributed by atoms with Gasteiger partial charge < -0.3 is 5.32 Å². The van der Waals surface area contributed by atoms with Crippen molar-refractivity contribution in [1.82, 2.24) is 10.3 Å². The topological polar surface area (TPSA) is 24.9 Å². The van der Waals surface area contributed by atoms with Crippen LogP contribution < -0.4 is 5.32 Å². The third kappa shape index (κ3) is 2.10. The van der Waals surface area contributed by atoms with Gasteiger partial charge in [-0.05, 0) is 24.8 Å². The third-order valence-corrected chi connectivity index (χ3v) is 2.79. The number of nitrogens with zero attached hydrogens (tertiary/aromatic N) is 1. The minimum Gasteiger partial charge on any atom is -0.310 e. The zero-order chi connectivity index (χ0) is 9.97. The van der Waals surface area contributed by atoms with Gasteiger partial charge in [-0.2, -0.15) is 4.39 Å². The fourth-order valence-electron chi connectivity index (χ4n) is 1.87. The second-order valence-corrected chi connectivity index (χ2v) is 4.11. The quantitative estimate of drug-likeness (QED) is 0.745. The molecular formula is C11H15FN2. The Morgan fingerprint density at radius 1 is 1.57 bits per heavy atom. The molecule has 14 heavy (non-hydrogen) atoms. The summed E-state index contributed by atoms with van der Waals surface area (Å²) < 4.78 is 13.1. The number of halogens is 1. The number of hydrogen-bond donors (Lipinski definition) is 1. The molecule has 1 heterocycles. The van der Waals surface area contributed by atoms with E-state index in [0.717, 1.165) is 5.92 Å². The van der Waals surface area contributed by atoms with Gasteiger partial charge in [-0.1, -0.05) is 13.0 Å². The van der Waals surface area contributed by atoms with Crippen molar-refractivity contribution < 1.29 is 4.39 Å². The van der Waals surface area contributed by atoms with Gasteiger partial charge in [0.05, 0.1) is 0 Å². The molecule has 0 saturated heterocycles. The van der Waals surface area contributed by atoms with Gasteiger partial charge in [0.25, 0.3) is 0 Å². The zero-order valence-corrected chi connectivity index (χ0v) is 8.33. The van der Waals surface area contributed by atoms with Crippen LogP contribution in [0.25, 0.3) is 0 Å². The Kier molecular flexibility index (Phi) is 2.77. The smallest absolute Gasteiger partial charge is 0.217 e. The van der Waals surface area contributed by atoms with E-state index in [1.54, 1.807) is 12.1 Å². The molecule has 1 aromatic heterocycles. The summed E-state index contributed by atoms with van der Waals surface area (Å²) in [5.74, 6) is 0.471. The van der Waals surface area contributed by atoms with E-state index < -0.39 is 0 Å². The van der Waals surface area contributed by atoms with Crippen molar-refractivity contribution in [1.29, 1.82) is 0 Å². The Labute approximate surface area is 83.6 Å². The lowest BCUT2D eigenvalue weighted by atomic mass is 9.82. The van der Waals surface area contributed by atoms with Crippen LogP contribution in [-0.2, 0) is 6.54 Å². The minimum atomic E-state index is -0.354. The predicted octanol–water partition coefficient (Wildman–Crippen LogP) is 2.11. The highest BCUT2D eigenvalue weighted by molar-refractivity contribution is 5.10. The first kappa shape index (κ1) is 9.59. The molecule has 0 aromatic carbocycles. The van der Waals surface area contributed by atoms with Crippen LogP contribution >= 0.6 is 0 Å². The summed E-state index contributed by atoms with van der Waals surface area (Å²) in [5, 5.41) is 3.33. The maximum Gasteiger partial charge on any atom is 0.217 e. The van der Waals surface area contributed by atoms with Crippen molar-refractivity contribution >= 4 is 0 Å². The molecule has 0 bridgehead atoms. The highest BCUT2D eigenvalue weighted by Gasteiger charge is 2.24. The van der Waals surface area contributed by atoms with Crippen LogP contribution in [0, 0.1) is 11.9 Å². The molecule has 2 rings (SSSR count). The zero-order valence-electron chi connectivity index (χ0n) is 8.33. The SMILES string of the molecule is CC1CC(NCc2cccnc2F)C1. The maximum absolute atomic E-state index is 13.1.